The largest absolute Gasteiger partial charge is 0.465 e. The third-order valence-electron chi connectivity index (χ3n) is 3.11. The van der Waals surface area contributed by atoms with E-state index in [-0.39, 0.29) is 5.97 Å². The number of nitrogens with one attached hydrogen (secondary N) is 1. The zero-order valence-electron chi connectivity index (χ0n) is 10.6. The monoisotopic (exact) mass is 249 g/mol. The summed E-state index contributed by atoms with van der Waals surface area (Å²) in [6.07, 6.45) is 2.60. The third-order valence-corrected chi connectivity index (χ3v) is 3.11. The maximum absolute atomic E-state index is 11.3. The SMILES string of the molecule is COC(=O)c1ccc(COC2CCCNC2)cc1. The zero-order valence-corrected chi connectivity index (χ0v) is 10.6. The maximum atomic E-state index is 11.3. The molecule has 1 aliphatic rings. The van der Waals surface area contributed by atoms with E-state index in [2.05, 4.69) is 10.1 Å². The number of hydrogen-bond donors (Lipinski definition) is 1. The Balaban J connectivity index is 1.84. The first kappa shape index (κ1) is 13.1. The second-order valence-corrected chi connectivity index (χ2v) is 4.47. The van der Waals surface area contributed by atoms with E-state index in [9.17, 15) is 4.79 Å². The molecule has 0 bridgehead atoms. The summed E-state index contributed by atoms with van der Waals surface area (Å²) < 4.78 is 10.5. The van der Waals surface area contributed by atoms with Crippen molar-refractivity contribution in [3.8, 4) is 0 Å². The normalized spacial score (nSPS) is 19.5. The van der Waals surface area contributed by atoms with Crippen molar-refractivity contribution >= 4 is 5.97 Å². The molecule has 4 heteroatoms. The molecule has 0 amide bonds. The van der Waals surface area contributed by atoms with Gasteiger partial charge in [-0.2, -0.15) is 0 Å². The van der Waals surface area contributed by atoms with Gasteiger partial charge in [-0.3, -0.25) is 0 Å². The number of rotatable bonds is 4. The minimum Gasteiger partial charge on any atom is -0.465 e. The lowest BCUT2D eigenvalue weighted by molar-refractivity contribution is 0.0252. The van der Waals surface area contributed by atoms with E-state index in [0.717, 1.165) is 25.1 Å². The van der Waals surface area contributed by atoms with Gasteiger partial charge in [0.1, 0.15) is 0 Å². The summed E-state index contributed by atoms with van der Waals surface area (Å²) in [5.41, 5.74) is 1.65. The van der Waals surface area contributed by atoms with Gasteiger partial charge in [0.15, 0.2) is 0 Å². The molecule has 98 valence electrons. The van der Waals surface area contributed by atoms with Crippen molar-refractivity contribution in [2.24, 2.45) is 0 Å². The summed E-state index contributed by atoms with van der Waals surface area (Å²) in [4.78, 5) is 11.3. The van der Waals surface area contributed by atoms with Crippen LogP contribution < -0.4 is 5.32 Å². The van der Waals surface area contributed by atoms with E-state index >= 15 is 0 Å². The molecule has 1 aliphatic heterocycles. The van der Waals surface area contributed by atoms with Crippen LogP contribution in [0.2, 0.25) is 0 Å². The standard InChI is InChI=1S/C14H19NO3/c1-17-14(16)12-6-4-11(5-7-12)10-18-13-3-2-8-15-9-13/h4-7,13,15H,2-3,8-10H2,1H3. The molecule has 0 saturated carbocycles. The third kappa shape index (κ3) is 3.55. The van der Waals surface area contributed by atoms with Crippen molar-refractivity contribution in [3.63, 3.8) is 0 Å². The van der Waals surface area contributed by atoms with Gasteiger partial charge in [-0.05, 0) is 37.1 Å². The molecular formula is C14H19NO3. The number of benzene rings is 1. The molecule has 1 saturated heterocycles. The Morgan fingerprint density at radius 1 is 1.39 bits per heavy atom. The fraction of sp³-hybridized carbons (Fsp3) is 0.500. The first-order valence-corrected chi connectivity index (χ1v) is 6.29. The molecule has 1 aromatic rings. The zero-order chi connectivity index (χ0) is 12.8. The van der Waals surface area contributed by atoms with Crippen LogP contribution in [0.4, 0.5) is 0 Å². The molecule has 1 aromatic carbocycles. The first-order chi connectivity index (χ1) is 8.79. The first-order valence-electron chi connectivity index (χ1n) is 6.29. The molecule has 1 heterocycles. The van der Waals surface area contributed by atoms with Gasteiger partial charge in [0.25, 0.3) is 0 Å². The van der Waals surface area contributed by atoms with Crippen molar-refractivity contribution in [1.29, 1.82) is 0 Å². The fourth-order valence-electron chi connectivity index (χ4n) is 2.03. The Morgan fingerprint density at radius 2 is 2.17 bits per heavy atom. The lowest BCUT2D eigenvalue weighted by Crippen LogP contribution is -2.35. The van der Waals surface area contributed by atoms with Crippen LogP contribution in [0.5, 0.6) is 0 Å². The van der Waals surface area contributed by atoms with Crippen LogP contribution in [0, 0.1) is 0 Å². The Labute approximate surface area is 107 Å². The van der Waals surface area contributed by atoms with Crippen molar-refractivity contribution < 1.29 is 14.3 Å². The van der Waals surface area contributed by atoms with Crippen LogP contribution in [0.15, 0.2) is 24.3 Å². The van der Waals surface area contributed by atoms with Crippen molar-refractivity contribution in [3.05, 3.63) is 35.4 Å². The molecule has 0 spiro atoms. The maximum Gasteiger partial charge on any atom is 0.337 e. The highest BCUT2D eigenvalue weighted by Gasteiger charge is 2.13. The molecule has 4 nitrogen and oxygen atoms in total. The quantitative estimate of drug-likeness (QED) is 0.826. The van der Waals surface area contributed by atoms with E-state index in [0.29, 0.717) is 18.3 Å². The molecule has 0 aromatic heterocycles. The van der Waals surface area contributed by atoms with Crippen molar-refractivity contribution in [2.45, 2.75) is 25.6 Å². The smallest absolute Gasteiger partial charge is 0.337 e. The van der Waals surface area contributed by atoms with Crippen LogP contribution in [0.3, 0.4) is 0 Å². The fourth-order valence-corrected chi connectivity index (χ4v) is 2.03. The van der Waals surface area contributed by atoms with Gasteiger partial charge in [0.05, 0.1) is 25.4 Å². The molecule has 1 atom stereocenters. The van der Waals surface area contributed by atoms with Gasteiger partial charge >= 0.3 is 5.97 Å². The highest BCUT2D eigenvalue weighted by Crippen LogP contribution is 2.11. The molecule has 0 aliphatic carbocycles. The predicted octanol–water partition coefficient (Wildman–Crippen LogP) is 1.74. The highest BCUT2D eigenvalue weighted by atomic mass is 16.5. The van der Waals surface area contributed by atoms with Crippen LogP contribution in [-0.4, -0.2) is 32.3 Å². The minimum atomic E-state index is -0.307. The predicted molar refractivity (Wildman–Crippen MR) is 68.5 cm³/mol. The molecule has 2 rings (SSSR count). The molecule has 18 heavy (non-hydrogen) atoms. The molecule has 1 unspecified atom stereocenters. The Bertz CT molecular complexity index is 383. The van der Waals surface area contributed by atoms with Gasteiger partial charge in [-0.1, -0.05) is 12.1 Å². The summed E-state index contributed by atoms with van der Waals surface area (Å²) in [6.45, 7) is 2.61. The molecule has 0 radical (unpaired) electrons. The Hall–Kier alpha value is -1.39. The second kappa shape index (κ2) is 6.52. The highest BCUT2D eigenvalue weighted by molar-refractivity contribution is 5.89. The molecular weight excluding hydrogens is 230 g/mol. The van der Waals surface area contributed by atoms with Crippen LogP contribution in [-0.2, 0) is 16.1 Å². The summed E-state index contributed by atoms with van der Waals surface area (Å²) in [6, 6.07) is 7.35. The minimum absolute atomic E-state index is 0.305. The summed E-state index contributed by atoms with van der Waals surface area (Å²) in [7, 11) is 1.38. The Morgan fingerprint density at radius 3 is 2.78 bits per heavy atom. The number of hydrogen-bond acceptors (Lipinski definition) is 4. The average molecular weight is 249 g/mol. The van der Waals surface area contributed by atoms with Crippen molar-refractivity contribution in [1.82, 2.24) is 5.32 Å². The van der Waals surface area contributed by atoms with Gasteiger partial charge in [0.2, 0.25) is 0 Å². The topological polar surface area (TPSA) is 47.6 Å². The number of methoxy groups -OCH3 is 1. The van der Waals surface area contributed by atoms with E-state index < -0.39 is 0 Å². The van der Waals surface area contributed by atoms with Gasteiger partial charge in [-0.25, -0.2) is 4.79 Å². The Kier molecular flexibility index (Phi) is 4.73. The number of ether oxygens (including phenoxy) is 2. The van der Waals surface area contributed by atoms with Gasteiger partial charge < -0.3 is 14.8 Å². The summed E-state index contributed by atoms with van der Waals surface area (Å²) in [5, 5.41) is 3.32. The van der Waals surface area contributed by atoms with Crippen molar-refractivity contribution in [2.75, 3.05) is 20.2 Å². The van der Waals surface area contributed by atoms with Gasteiger partial charge in [0, 0.05) is 6.54 Å². The van der Waals surface area contributed by atoms with Gasteiger partial charge in [-0.15, -0.1) is 0 Å². The van der Waals surface area contributed by atoms with E-state index in [1.54, 1.807) is 12.1 Å². The number of piperidine rings is 1. The van der Waals surface area contributed by atoms with E-state index in [1.807, 2.05) is 12.1 Å². The number of esters is 1. The van der Waals surface area contributed by atoms with Crippen LogP contribution >= 0.6 is 0 Å². The van der Waals surface area contributed by atoms with Crippen LogP contribution in [0.1, 0.15) is 28.8 Å². The molecule has 1 N–H and O–H groups in total. The summed E-state index contributed by atoms with van der Waals surface area (Å²) in [5.74, 6) is -0.307. The number of carbonyl (C=O) groups excluding carboxylic acids is 1. The van der Waals surface area contributed by atoms with E-state index in [1.165, 1.54) is 13.5 Å². The average Bonchev–Trinajstić information content (AvgIpc) is 2.46. The van der Waals surface area contributed by atoms with Crippen LogP contribution in [0.25, 0.3) is 0 Å². The second-order valence-electron chi connectivity index (χ2n) is 4.47. The lowest BCUT2D eigenvalue weighted by Gasteiger charge is -2.23. The molecule has 1 fully saturated rings. The van der Waals surface area contributed by atoms with E-state index in [4.69, 9.17) is 4.74 Å². The number of carbonyl (C=O) groups is 1. The lowest BCUT2D eigenvalue weighted by atomic mass is 10.1. The summed E-state index contributed by atoms with van der Waals surface area (Å²) >= 11 is 0.